The molecule has 0 saturated heterocycles. The van der Waals surface area contributed by atoms with Crippen molar-refractivity contribution in [3.63, 3.8) is 0 Å². The number of halogens is 1. The van der Waals surface area contributed by atoms with Gasteiger partial charge in [0, 0.05) is 34.0 Å². The Bertz CT molecular complexity index is 1450. The van der Waals surface area contributed by atoms with Crippen molar-refractivity contribution in [1.29, 1.82) is 0 Å². The zero-order valence-electron chi connectivity index (χ0n) is 18.9. The molecule has 0 spiro atoms. The SMILES string of the molecule is COc1cc2c3cc(C=O)c4c(c3n(Cc3cccc(Cl)c3)c2cc1OC)C=CC(C)(C)O4. The summed E-state index contributed by atoms with van der Waals surface area (Å²) in [5.74, 6) is 1.86. The van der Waals surface area contributed by atoms with Gasteiger partial charge in [0.15, 0.2) is 17.8 Å². The van der Waals surface area contributed by atoms with Gasteiger partial charge in [-0.05, 0) is 55.8 Å². The van der Waals surface area contributed by atoms with Crippen molar-refractivity contribution in [2.45, 2.75) is 26.0 Å². The van der Waals surface area contributed by atoms with Crippen LogP contribution in [0, 0.1) is 0 Å². The highest BCUT2D eigenvalue weighted by Crippen LogP contribution is 2.44. The molecule has 5 rings (SSSR count). The van der Waals surface area contributed by atoms with E-state index in [1.165, 1.54) is 0 Å². The van der Waals surface area contributed by atoms with Crippen molar-refractivity contribution in [3.05, 3.63) is 70.3 Å². The third-order valence-electron chi connectivity index (χ3n) is 6.04. The van der Waals surface area contributed by atoms with E-state index in [1.54, 1.807) is 14.2 Å². The second-order valence-electron chi connectivity index (χ2n) is 8.70. The number of ether oxygens (including phenoxy) is 3. The lowest BCUT2D eigenvalue weighted by molar-refractivity contribution is 0.110. The molecule has 0 N–H and O–H groups in total. The van der Waals surface area contributed by atoms with Crippen molar-refractivity contribution in [2.24, 2.45) is 0 Å². The minimum absolute atomic E-state index is 0.505. The molecular formula is C27H24ClNO4. The van der Waals surface area contributed by atoms with Gasteiger partial charge in [0.05, 0.1) is 30.8 Å². The lowest BCUT2D eigenvalue weighted by atomic mass is 9.97. The van der Waals surface area contributed by atoms with Crippen LogP contribution in [-0.4, -0.2) is 30.7 Å². The molecule has 1 aromatic heterocycles. The minimum atomic E-state index is -0.505. The molecule has 0 radical (unpaired) electrons. The first-order chi connectivity index (χ1) is 15.8. The van der Waals surface area contributed by atoms with Crippen molar-refractivity contribution in [2.75, 3.05) is 14.2 Å². The second kappa shape index (κ2) is 7.85. The van der Waals surface area contributed by atoms with Gasteiger partial charge in [-0.25, -0.2) is 0 Å². The summed E-state index contributed by atoms with van der Waals surface area (Å²) in [6, 6.07) is 13.7. The van der Waals surface area contributed by atoms with E-state index >= 15 is 0 Å². The summed E-state index contributed by atoms with van der Waals surface area (Å²) < 4.78 is 19.6. The van der Waals surface area contributed by atoms with Crippen LogP contribution in [-0.2, 0) is 6.54 Å². The molecule has 0 unspecified atom stereocenters. The van der Waals surface area contributed by atoms with Crippen LogP contribution < -0.4 is 14.2 Å². The quantitative estimate of drug-likeness (QED) is 0.318. The van der Waals surface area contributed by atoms with Gasteiger partial charge in [0.1, 0.15) is 11.4 Å². The zero-order chi connectivity index (χ0) is 23.3. The van der Waals surface area contributed by atoms with Crippen LogP contribution in [0.15, 0.2) is 48.5 Å². The van der Waals surface area contributed by atoms with Crippen LogP contribution >= 0.6 is 11.6 Å². The zero-order valence-corrected chi connectivity index (χ0v) is 19.7. The molecule has 3 aromatic carbocycles. The Balaban J connectivity index is 1.91. The average Bonchev–Trinajstić information content (AvgIpc) is 3.09. The van der Waals surface area contributed by atoms with Gasteiger partial charge in [0.25, 0.3) is 0 Å². The maximum Gasteiger partial charge on any atom is 0.162 e. The van der Waals surface area contributed by atoms with Crippen LogP contribution in [0.4, 0.5) is 0 Å². The van der Waals surface area contributed by atoms with Crippen molar-refractivity contribution in [1.82, 2.24) is 4.57 Å². The normalized spacial score (nSPS) is 14.2. The molecule has 0 aliphatic carbocycles. The molecule has 0 bridgehead atoms. The van der Waals surface area contributed by atoms with Gasteiger partial charge in [-0.1, -0.05) is 23.7 Å². The number of fused-ring (bicyclic) bond motifs is 5. The number of carbonyl (C=O) groups is 1. The van der Waals surface area contributed by atoms with E-state index in [-0.39, 0.29) is 0 Å². The summed E-state index contributed by atoms with van der Waals surface area (Å²) in [5, 5.41) is 2.60. The third kappa shape index (κ3) is 3.53. The lowest BCUT2D eigenvalue weighted by Crippen LogP contribution is -2.28. The lowest BCUT2D eigenvalue weighted by Gasteiger charge is -2.29. The van der Waals surface area contributed by atoms with Crippen LogP contribution in [0.3, 0.4) is 0 Å². The molecule has 6 heteroatoms. The molecule has 4 aromatic rings. The van der Waals surface area contributed by atoms with Crippen LogP contribution in [0.1, 0.15) is 35.3 Å². The van der Waals surface area contributed by atoms with E-state index in [9.17, 15) is 4.79 Å². The Kier molecular flexibility index (Phi) is 5.09. The summed E-state index contributed by atoms with van der Waals surface area (Å²) >= 11 is 6.28. The van der Waals surface area contributed by atoms with E-state index in [0.29, 0.717) is 34.4 Å². The fourth-order valence-electron chi connectivity index (χ4n) is 4.54. The van der Waals surface area contributed by atoms with Gasteiger partial charge in [-0.15, -0.1) is 0 Å². The topological polar surface area (TPSA) is 49.7 Å². The first-order valence-electron chi connectivity index (χ1n) is 10.7. The van der Waals surface area contributed by atoms with E-state index < -0.39 is 5.60 Å². The molecule has 0 atom stereocenters. The molecule has 33 heavy (non-hydrogen) atoms. The number of benzene rings is 3. The number of aldehydes is 1. The number of hydrogen-bond acceptors (Lipinski definition) is 4. The van der Waals surface area contributed by atoms with Gasteiger partial charge in [-0.2, -0.15) is 0 Å². The largest absolute Gasteiger partial charge is 0.493 e. The van der Waals surface area contributed by atoms with Gasteiger partial charge < -0.3 is 18.8 Å². The standard InChI is InChI=1S/C27H24ClNO4/c1-27(2)9-8-19-25-21(11-17(15-30)26(19)33-27)20-12-23(31-3)24(32-4)13-22(20)29(25)14-16-6-5-7-18(28)10-16/h5-13,15H,14H2,1-4H3. The highest BCUT2D eigenvalue weighted by molar-refractivity contribution is 6.30. The number of nitrogens with zero attached hydrogens (tertiary/aromatic N) is 1. The molecular weight excluding hydrogens is 438 g/mol. The second-order valence-corrected chi connectivity index (χ2v) is 9.14. The van der Waals surface area contributed by atoms with E-state index in [4.69, 9.17) is 25.8 Å². The molecule has 1 aliphatic rings. The molecule has 0 amide bonds. The Morgan fingerprint density at radius 3 is 2.52 bits per heavy atom. The number of methoxy groups -OCH3 is 2. The average molecular weight is 462 g/mol. The highest BCUT2D eigenvalue weighted by atomic mass is 35.5. The first-order valence-corrected chi connectivity index (χ1v) is 11.1. The Labute approximate surface area is 197 Å². The minimum Gasteiger partial charge on any atom is -0.493 e. The Hall–Kier alpha value is -3.44. The number of rotatable bonds is 5. The van der Waals surface area contributed by atoms with Crippen molar-refractivity contribution >= 4 is 45.8 Å². The summed E-state index contributed by atoms with van der Waals surface area (Å²) in [6.07, 6.45) is 4.93. The predicted molar refractivity (Wildman–Crippen MR) is 132 cm³/mol. The number of hydrogen-bond donors (Lipinski definition) is 0. The molecule has 1 aliphatic heterocycles. The summed E-state index contributed by atoms with van der Waals surface area (Å²) in [5.41, 5.74) is 3.90. The van der Waals surface area contributed by atoms with Gasteiger partial charge in [-0.3, -0.25) is 4.79 Å². The smallest absolute Gasteiger partial charge is 0.162 e. The monoisotopic (exact) mass is 461 g/mol. The Morgan fingerprint density at radius 1 is 1.06 bits per heavy atom. The summed E-state index contributed by atoms with van der Waals surface area (Å²) in [7, 11) is 3.24. The van der Waals surface area contributed by atoms with Crippen LogP contribution in [0.2, 0.25) is 5.02 Å². The van der Waals surface area contributed by atoms with E-state index in [0.717, 1.165) is 39.2 Å². The maximum atomic E-state index is 12.1. The number of carbonyl (C=O) groups excluding carboxylic acids is 1. The molecule has 2 heterocycles. The van der Waals surface area contributed by atoms with E-state index in [2.05, 4.69) is 10.6 Å². The van der Waals surface area contributed by atoms with E-state index in [1.807, 2.05) is 62.4 Å². The fourth-order valence-corrected chi connectivity index (χ4v) is 4.75. The molecule has 0 saturated carbocycles. The van der Waals surface area contributed by atoms with Gasteiger partial charge >= 0.3 is 0 Å². The van der Waals surface area contributed by atoms with Crippen LogP contribution in [0.5, 0.6) is 17.2 Å². The van der Waals surface area contributed by atoms with Gasteiger partial charge in [0.2, 0.25) is 0 Å². The summed E-state index contributed by atoms with van der Waals surface area (Å²) in [6.45, 7) is 4.53. The van der Waals surface area contributed by atoms with Crippen molar-refractivity contribution in [3.8, 4) is 17.2 Å². The third-order valence-corrected chi connectivity index (χ3v) is 6.28. The predicted octanol–water partition coefficient (Wildman–Crippen LogP) is 6.51. The molecule has 0 fully saturated rings. The molecule has 5 nitrogen and oxygen atoms in total. The first kappa shape index (κ1) is 21.4. The Morgan fingerprint density at radius 2 is 1.82 bits per heavy atom. The summed E-state index contributed by atoms with van der Waals surface area (Å²) in [4.78, 5) is 12.1. The van der Waals surface area contributed by atoms with Crippen molar-refractivity contribution < 1.29 is 19.0 Å². The highest BCUT2D eigenvalue weighted by Gasteiger charge is 2.28. The maximum absolute atomic E-state index is 12.1. The number of aromatic nitrogens is 1. The molecule has 168 valence electrons. The fraction of sp³-hybridized carbons (Fsp3) is 0.222. The van der Waals surface area contributed by atoms with Crippen LogP contribution in [0.25, 0.3) is 27.9 Å².